The van der Waals surface area contributed by atoms with Crippen LogP contribution in [0.1, 0.15) is 38.7 Å². The van der Waals surface area contributed by atoms with Crippen molar-refractivity contribution in [3.63, 3.8) is 0 Å². The number of ether oxygens (including phenoxy) is 3. The summed E-state index contributed by atoms with van der Waals surface area (Å²) in [7, 11) is 4.44. The van der Waals surface area contributed by atoms with Crippen molar-refractivity contribution in [1.82, 2.24) is 4.90 Å². The molecule has 1 atom stereocenters. The average Bonchev–Trinajstić information content (AvgIpc) is 2.72. The molecular weight excluding hydrogens is 360 g/mol. The van der Waals surface area contributed by atoms with Gasteiger partial charge in [0, 0.05) is 30.8 Å². The normalized spacial score (nSPS) is 16.0. The van der Waals surface area contributed by atoms with Gasteiger partial charge in [-0.25, -0.2) is 4.79 Å². The smallest absolute Gasteiger partial charge is 0.339 e. The molecule has 3 rings (SSSR count). The molecule has 1 unspecified atom stereocenters. The lowest BCUT2D eigenvalue weighted by Gasteiger charge is -2.34. The molecule has 0 saturated heterocycles. The number of rotatable bonds is 5. The first-order chi connectivity index (χ1) is 13.5. The first-order valence-corrected chi connectivity index (χ1v) is 8.78. The molecule has 1 aliphatic rings. The number of hydrogen-bond donors (Lipinski definition) is 1. The summed E-state index contributed by atoms with van der Waals surface area (Å²) < 4.78 is 15.6. The standard InChI is InChI=1S/C21H22N2O5/c1-26-18-7-8-19(27-2)20-16(18)11-23(12-17(20)24)10-13-5-4-6-14(15(13)9-22)21(25)28-3/h4-8,17,24H,10-12H2,1-3H3. The number of nitrogens with zero attached hydrogens (tertiary/aromatic N) is 2. The van der Waals surface area contributed by atoms with Crippen molar-refractivity contribution in [3.8, 4) is 17.6 Å². The monoisotopic (exact) mass is 382 g/mol. The van der Waals surface area contributed by atoms with Crippen LogP contribution in [0.25, 0.3) is 0 Å². The summed E-state index contributed by atoms with van der Waals surface area (Å²) >= 11 is 0. The molecule has 0 saturated carbocycles. The molecule has 1 N–H and O–H groups in total. The lowest BCUT2D eigenvalue weighted by Crippen LogP contribution is -2.34. The summed E-state index contributed by atoms with van der Waals surface area (Å²) in [6, 6.07) is 10.8. The number of nitriles is 1. The van der Waals surface area contributed by atoms with Gasteiger partial charge in [-0.3, -0.25) is 4.90 Å². The second-order valence-electron chi connectivity index (χ2n) is 6.49. The Morgan fingerprint density at radius 3 is 2.57 bits per heavy atom. The van der Waals surface area contributed by atoms with Crippen molar-refractivity contribution in [1.29, 1.82) is 5.26 Å². The van der Waals surface area contributed by atoms with E-state index in [-0.39, 0.29) is 11.1 Å². The maximum atomic E-state index is 11.9. The fourth-order valence-electron chi connectivity index (χ4n) is 3.65. The number of hydrogen-bond acceptors (Lipinski definition) is 7. The van der Waals surface area contributed by atoms with Crippen LogP contribution in [0.3, 0.4) is 0 Å². The molecule has 0 amide bonds. The van der Waals surface area contributed by atoms with Crippen LogP contribution in [0.4, 0.5) is 0 Å². The molecule has 1 heterocycles. The molecule has 0 spiro atoms. The molecule has 28 heavy (non-hydrogen) atoms. The minimum absolute atomic E-state index is 0.236. The number of carbonyl (C=O) groups is 1. The zero-order valence-electron chi connectivity index (χ0n) is 16.1. The van der Waals surface area contributed by atoms with Crippen LogP contribution in [-0.4, -0.2) is 43.8 Å². The zero-order chi connectivity index (χ0) is 20.3. The van der Waals surface area contributed by atoms with Crippen molar-refractivity contribution >= 4 is 5.97 Å². The Hall–Kier alpha value is -3.08. The Balaban J connectivity index is 1.95. The van der Waals surface area contributed by atoms with Crippen LogP contribution in [0, 0.1) is 11.3 Å². The first kappa shape index (κ1) is 19.7. The van der Waals surface area contributed by atoms with Crippen molar-refractivity contribution < 1.29 is 24.1 Å². The van der Waals surface area contributed by atoms with Gasteiger partial charge in [0.05, 0.1) is 38.6 Å². The summed E-state index contributed by atoms with van der Waals surface area (Å²) in [5.74, 6) is 0.741. The van der Waals surface area contributed by atoms with E-state index in [0.717, 1.165) is 11.1 Å². The Bertz CT molecular complexity index is 935. The highest BCUT2D eigenvalue weighted by Crippen LogP contribution is 2.39. The number of fused-ring (bicyclic) bond motifs is 1. The van der Waals surface area contributed by atoms with Crippen LogP contribution in [0.2, 0.25) is 0 Å². The molecular formula is C21H22N2O5. The van der Waals surface area contributed by atoms with Gasteiger partial charge in [0.25, 0.3) is 0 Å². The van der Waals surface area contributed by atoms with Crippen LogP contribution in [0.5, 0.6) is 11.5 Å². The third-order valence-corrected chi connectivity index (χ3v) is 4.92. The number of aliphatic hydroxyl groups is 1. The number of aliphatic hydroxyl groups excluding tert-OH is 1. The minimum atomic E-state index is -0.761. The molecule has 1 aliphatic heterocycles. The summed E-state index contributed by atoms with van der Waals surface area (Å²) in [5.41, 5.74) is 2.79. The predicted molar refractivity (Wildman–Crippen MR) is 101 cm³/mol. The van der Waals surface area contributed by atoms with Gasteiger partial charge in [-0.2, -0.15) is 5.26 Å². The zero-order valence-corrected chi connectivity index (χ0v) is 16.1. The van der Waals surface area contributed by atoms with Crippen molar-refractivity contribution in [2.75, 3.05) is 27.9 Å². The molecule has 7 nitrogen and oxygen atoms in total. The summed E-state index contributed by atoms with van der Waals surface area (Å²) in [6.07, 6.45) is -0.761. The predicted octanol–water partition coefficient (Wildman–Crippen LogP) is 2.41. The fourth-order valence-corrected chi connectivity index (χ4v) is 3.65. The third-order valence-electron chi connectivity index (χ3n) is 4.92. The number of methoxy groups -OCH3 is 3. The maximum absolute atomic E-state index is 11.9. The molecule has 0 aromatic heterocycles. The molecule has 2 aromatic rings. The van der Waals surface area contributed by atoms with Crippen LogP contribution in [0.15, 0.2) is 30.3 Å². The molecule has 7 heteroatoms. The van der Waals surface area contributed by atoms with E-state index in [1.54, 1.807) is 38.5 Å². The van der Waals surface area contributed by atoms with Gasteiger partial charge in [-0.05, 0) is 23.8 Å². The van der Waals surface area contributed by atoms with Gasteiger partial charge < -0.3 is 19.3 Å². The fraction of sp³-hybridized carbons (Fsp3) is 0.333. The van der Waals surface area contributed by atoms with E-state index in [4.69, 9.17) is 14.2 Å². The molecule has 0 radical (unpaired) electrons. The maximum Gasteiger partial charge on any atom is 0.339 e. The molecule has 0 aliphatic carbocycles. The molecule has 0 fully saturated rings. The molecule has 146 valence electrons. The highest BCUT2D eigenvalue weighted by molar-refractivity contribution is 5.92. The first-order valence-electron chi connectivity index (χ1n) is 8.78. The van der Waals surface area contributed by atoms with Gasteiger partial charge >= 0.3 is 5.97 Å². The van der Waals surface area contributed by atoms with E-state index in [1.807, 2.05) is 11.0 Å². The van der Waals surface area contributed by atoms with Gasteiger partial charge in [0.1, 0.15) is 17.6 Å². The van der Waals surface area contributed by atoms with E-state index in [2.05, 4.69) is 6.07 Å². The van der Waals surface area contributed by atoms with Crippen LogP contribution >= 0.6 is 0 Å². The lowest BCUT2D eigenvalue weighted by molar-refractivity contribution is 0.0599. The molecule has 0 bridgehead atoms. The van der Waals surface area contributed by atoms with Gasteiger partial charge in [-0.1, -0.05) is 12.1 Å². The Kier molecular flexibility index (Phi) is 5.83. The Morgan fingerprint density at radius 1 is 1.21 bits per heavy atom. The average molecular weight is 382 g/mol. The summed E-state index contributed by atoms with van der Waals surface area (Å²) in [6.45, 7) is 1.27. The Labute approximate surface area is 163 Å². The lowest BCUT2D eigenvalue weighted by atomic mass is 9.94. The van der Waals surface area contributed by atoms with Gasteiger partial charge in [0.15, 0.2) is 0 Å². The second-order valence-corrected chi connectivity index (χ2v) is 6.49. The van der Waals surface area contributed by atoms with E-state index < -0.39 is 12.1 Å². The Morgan fingerprint density at radius 2 is 1.93 bits per heavy atom. The van der Waals surface area contributed by atoms with Crippen molar-refractivity contribution in [3.05, 3.63) is 58.1 Å². The van der Waals surface area contributed by atoms with Crippen molar-refractivity contribution in [2.24, 2.45) is 0 Å². The van der Waals surface area contributed by atoms with Gasteiger partial charge in [0.2, 0.25) is 0 Å². The number of β-amino-alcohol motifs (C(OH)–C–C–N with tert-alkyl or cyclic N) is 1. The second kappa shape index (κ2) is 8.30. The van der Waals surface area contributed by atoms with Gasteiger partial charge in [-0.15, -0.1) is 0 Å². The topological polar surface area (TPSA) is 92.0 Å². The van der Waals surface area contributed by atoms with E-state index in [1.165, 1.54) is 7.11 Å². The van der Waals surface area contributed by atoms with Crippen LogP contribution in [-0.2, 0) is 17.8 Å². The third kappa shape index (κ3) is 3.52. The molecule has 2 aromatic carbocycles. The number of esters is 1. The van der Waals surface area contributed by atoms with E-state index >= 15 is 0 Å². The van der Waals surface area contributed by atoms with Crippen LogP contribution < -0.4 is 9.47 Å². The van der Waals surface area contributed by atoms with E-state index in [9.17, 15) is 15.2 Å². The number of benzene rings is 2. The highest BCUT2D eigenvalue weighted by Gasteiger charge is 2.30. The quantitative estimate of drug-likeness (QED) is 0.794. The highest BCUT2D eigenvalue weighted by atomic mass is 16.5. The number of carbonyl (C=O) groups excluding carboxylic acids is 1. The SMILES string of the molecule is COC(=O)c1cccc(CN2Cc3c(OC)ccc(OC)c3C(O)C2)c1C#N. The minimum Gasteiger partial charge on any atom is -0.496 e. The largest absolute Gasteiger partial charge is 0.496 e. The van der Waals surface area contributed by atoms with E-state index in [0.29, 0.717) is 36.7 Å². The summed E-state index contributed by atoms with van der Waals surface area (Å²) in [4.78, 5) is 14.0. The van der Waals surface area contributed by atoms with Crippen molar-refractivity contribution in [2.45, 2.75) is 19.2 Å². The summed E-state index contributed by atoms with van der Waals surface area (Å²) in [5, 5.41) is 20.3.